The number of fused-ring (bicyclic) bond motifs is 1. The van der Waals surface area contributed by atoms with Crippen LogP contribution >= 0.6 is 11.5 Å². The number of aliphatic hydroxyl groups is 2. The van der Waals surface area contributed by atoms with Gasteiger partial charge in [-0.25, -0.2) is 4.79 Å². The van der Waals surface area contributed by atoms with E-state index in [0.29, 0.717) is 30.2 Å². The third-order valence-electron chi connectivity index (χ3n) is 5.97. The largest absolute Gasteiger partial charge is 0.457 e. The topological polar surface area (TPSA) is 112 Å². The number of likely N-dealkylation sites (tertiary alicyclic amines) is 1. The molecule has 4 rings (SSSR count). The third-order valence-corrected chi connectivity index (χ3v) is 6.76. The number of carbonyl (C=O) groups is 2. The van der Waals surface area contributed by atoms with Gasteiger partial charge in [-0.2, -0.15) is 4.37 Å². The molecule has 1 unspecified atom stereocenters. The highest BCUT2D eigenvalue weighted by Crippen LogP contribution is 2.31. The number of aromatic nitrogens is 1. The number of aliphatic hydroxyl groups excluding tert-OH is 1. The number of amides is 1. The number of cyclic esters (lactones) is 1. The van der Waals surface area contributed by atoms with Crippen LogP contribution in [0.1, 0.15) is 51.7 Å². The quantitative estimate of drug-likeness (QED) is 0.620. The van der Waals surface area contributed by atoms with Crippen molar-refractivity contribution in [3.05, 3.63) is 46.1 Å². The zero-order chi connectivity index (χ0) is 21.5. The molecular weight excluding hydrogens is 406 g/mol. The molecule has 0 bridgehead atoms. The van der Waals surface area contributed by atoms with Crippen LogP contribution in [0, 0.1) is 13.8 Å². The van der Waals surface area contributed by atoms with Crippen molar-refractivity contribution in [3.8, 4) is 0 Å². The van der Waals surface area contributed by atoms with E-state index in [-0.39, 0.29) is 25.4 Å². The summed E-state index contributed by atoms with van der Waals surface area (Å²) in [5.41, 5.74) is 2.43. The predicted octanol–water partition coefficient (Wildman–Crippen LogP) is 1.93. The average molecular weight is 432 g/mol. The summed E-state index contributed by atoms with van der Waals surface area (Å²) >= 11 is 1.19. The van der Waals surface area contributed by atoms with E-state index in [0.717, 1.165) is 22.4 Å². The molecule has 1 saturated heterocycles. The Kier molecular flexibility index (Phi) is 5.63. The summed E-state index contributed by atoms with van der Waals surface area (Å²) in [5.74, 6) is -0.735. The summed E-state index contributed by atoms with van der Waals surface area (Å²) in [4.78, 5) is 26.3. The number of hydrogen-bond donors (Lipinski definition) is 3. The van der Waals surface area contributed by atoms with Gasteiger partial charge >= 0.3 is 5.97 Å². The fourth-order valence-electron chi connectivity index (χ4n) is 4.05. The molecule has 1 aromatic heterocycles. The first-order chi connectivity index (χ1) is 14.3. The van der Waals surface area contributed by atoms with Crippen molar-refractivity contribution in [1.29, 1.82) is 0 Å². The van der Waals surface area contributed by atoms with Crippen LogP contribution in [0.5, 0.6) is 0 Å². The van der Waals surface area contributed by atoms with Crippen LogP contribution in [0.4, 0.5) is 5.00 Å². The molecule has 8 nitrogen and oxygen atoms in total. The van der Waals surface area contributed by atoms with E-state index in [2.05, 4.69) is 9.69 Å². The second-order valence-corrected chi connectivity index (χ2v) is 8.82. The molecule has 1 aromatic carbocycles. The smallest absolute Gasteiger partial charge is 0.338 e. The normalized spacial score (nSPS) is 19.3. The predicted molar refractivity (Wildman–Crippen MR) is 111 cm³/mol. The van der Waals surface area contributed by atoms with Gasteiger partial charge in [-0.3, -0.25) is 4.79 Å². The molecule has 2 aliphatic rings. The van der Waals surface area contributed by atoms with E-state index < -0.39 is 17.6 Å². The third kappa shape index (κ3) is 3.98. The number of carbonyl (C=O) groups excluding carboxylic acids is 2. The molecule has 2 aromatic rings. The number of piperidine rings is 1. The van der Waals surface area contributed by atoms with Crippen LogP contribution in [0.15, 0.2) is 18.2 Å². The van der Waals surface area contributed by atoms with Crippen molar-refractivity contribution in [3.63, 3.8) is 0 Å². The zero-order valence-corrected chi connectivity index (χ0v) is 17.8. The van der Waals surface area contributed by atoms with Crippen LogP contribution in [-0.4, -0.2) is 56.6 Å². The molecule has 0 saturated carbocycles. The Morgan fingerprint density at radius 3 is 2.77 bits per heavy atom. The minimum atomic E-state index is -1.43. The van der Waals surface area contributed by atoms with E-state index >= 15 is 0 Å². The van der Waals surface area contributed by atoms with E-state index in [1.54, 1.807) is 18.2 Å². The second-order valence-electron chi connectivity index (χ2n) is 8.02. The first-order valence-corrected chi connectivity index (χ1v) is 10.7. The van der Waals surface area contributed by atoms with Gasteiger partial charge in [-0.05, 0) is 61.5 Å². The second kappa shape index (κ2) is 8.07. The maximum atomic E-state index is 12.5. The minimum absolute atomic E-state index is 0.242. The van der Waals surface area contributed by atoms with Crippen molar-refractivity contribution < 1.29 is 24.5 Å². The van der Waals surface area contributed by atoms with Gasteiger partial charge in [-0.1, -0.05) is 6.07 Å². The number of esters is 1. The van der Waals surface area contributed by atoms with Crippen LogP contribution < -0.4 is 5.32 Å². The first-order valence-electron chi connectivity index (χ1n) is 9.94. The van der Waals surface area contributed by atoms with Gasteiger partial charge in [0.05, 0.1) is 17.4 Å². The van der Waals surface area contributed by atoms with Gasteiger partial charge in [0, 0.05) is 25.2 Å². The van der Waals surface area contributed by atoms with Gasteiger partial charge in [0.1, 0.15) is 17.2 Å². The Morgan fingerprint density at radius 1 is 1.37 bits per heavy atom. The number of anilines is 1. The Balaban J connectivity index is 1.35. The van der Waals surface area contributed by atoms with E-state index in [1.165, 1.54) is 11.5 Å². The van der Waals surface area contributed by atoms with Crippen LogP contribution in [0.2, 0.25) is 0 Å². The number of hydrogen-bond acceptors (Lipinski definition) is 8. The van der Waals surface area contributed by atoms with Gasteiger partial charge in [0.15, 0.2) is 0 Å². The molecule has 3 heterocycles. The van der Waals surface area contributed by atoms with Gasteiger partial charge in [0.2, 0.25) is 0 Å². The first kappa shape index (κ1) is 20.9. The van der Waals surface area contributed by atoms with Crippen molar-refractivity contribution in [2.24, 2.45) is 0 Å². The molecule has 9 heteroatoms. The molecule has 1 fully saturated rings. The van der Waals surface area contributed by atoms with Crippen molar-refractivity contribution in [2.75, 3.05) is 25.0 Å². The van der Waals surface area contributed by atoms with Gasteiger partial charge in [0.25, 0.3) is 5.91 Å². The molecule has 0 radical (unpaired) electrons. The van der Waals surface area contributed by atoms with Crippen molar-refractivity contribution in [2.45, 2.75) is 45.0 Å². The fraction of sp³-hybridized carbons (Fsp3) is 0.476. The summed E-state index contributed by atoms with van der Waals surface area (Å²) in [6, 6.07) is 5.25. The molecule has 2 aliphatic heterocycles. The summed E-state index contributed by atoms with van der Waals surface area (Å²) in [6.45, 7) is 5.35. The van der Waals surface area contributed by atoms with Crippen LogP contribution in [0.25, 0.3) is 0 Å². The highest BCUT2D eigenvalue weighted by molar-refractivity contribution is 7.10. The lowest BCUT2D eigenvalue weighted by atomic mass is 9.89. The Bertz CT molecular complexity index is 981. The zero-order valence-electron chi connectivity index (χ0n) is 17.0. The maximum absolute atomic E-state index is 12.5. The molecular formula is C21H25N3O5S. The molecule has 1 atom stereocenters. The highest BCUT2D eigenvalue weighted by atomic mass is 32.1. The highest BCUT2D eigenvalue weighted by Gasteiger charge is 2.40. The Morgan fingerprint density at radius 2 is 2.10 bits per heavy atom. The lowest BCUT2D eigenvalue weighted by molar-refractivity contribution is -0.139. The summed E-state index contributed by atoms with van der Waals surface area (Å²) in [6.07, 6.45) is -0.157. The lowest BCUT2D eigenvalue weighted by Gasteiger charge is -2.37. The Labute approximate surface area is 178 Å². The monoisotopic (exact) mass is 431 g/mol. The number of rotatable bonds is 5. The molecule has 30 heavy (non-hydrogen) atoms. The number of ether oxygens (including phenoxy) is 1. The average Bonchev–Trinajstić information content (AvgIpc) is 3.30. The van der Waals surface area contributed by atoms with Gasteiger partial charge in [-0.15, -0.1) is 0 Å². The molecule has 0 aliphatic carbocycles. The van der Waals surface area contributed by atoms with Gasteiger partial charge < -0.3 is 25.2 Å². The maximum Gasteiger partial charge on any atom is 0.338 e. The van der Waals surface area contributed by atoms with E-state index in [1.807, 2.05) is 18.7 Å². The van der Waals surface area contributed by atoms with E-state index in [9.17, 15) is 19.8 Å². The van der Waals surface area contributed by atoms with Crippen molar-refractivity contribution >= 4 is 28.4 Å². The van der Waals surface area contributed by atoms with Crippen LogP contribution in [0.3, 0.4) is 0 Å². The molecule has 160 valence electrons. The number of β-amino-alcohol motifs (C(OH)–C–C–N with tert-alkyl or cyclic N) is 1. The van der Waals surface area contributed by atoms with Crippen LogP contribution in [-0.2, 0) is 16.1 Å². The number of aryl methyl sites for hydroxylation is 1. The summed E-state index contributed by atoms with van der Waals surface area (Å²) in [7, 11) is 0. The standard InChI is InChI=1S/C21H25N3O5S/c1-12-9-18(30-23-12)22-20(27)21(28)5-7-24(8-6-21)10-17(25)14-3-4-15-16(13(14)2)11-29-19(15)26/h3-4,9,17,25,28H,5-8,10-11H2,1-2H3,(H,22,27). The molecule has 0 spiro atoms. The summed E-state index contributed by atoms with van der Waals surface area (Å²) in [5, 5.41) is 24.9. The lowest BCUT2D eigenvalue weighted by Crippen LogP contribution is -2.52. The Hall–Kier alpha value is -2.33. The minimum Gasteiger partial charge on any atom is -0.457 e. The van der Waals surface area contributed by atoms with E-state index in [4.69, 9.17) is 4.74 Å². The van der Waals surface area contributed by atoms with Crippen molar-refractivity contribution in [1.82, 2.24) is 9.27 Å². The number of nitrogens with zero attached hydrogens (tertiary/aromatic N) is 2. The molecule has 1 amide bonds. The molecule has 3 N–H and O–H groups in total. The number of benzene rings is 1. The number of nitrogens with one attached hydrogen (secondary N) is 1. The SMILES string of the molecule is Cc1cc(NC(=O)C2(O)CCN(CC(O)c3ccc4c(c3C)COC4=O)CC2)sn1. The summed E-state index contributed by atoms with van der Waals surface area (Å²) < 4.78 is 9.20. The fourth-order valence-corrected chi connectivity index (χ4v) is 4.71.